The van der Waals surface area contributed by atoms with Crippen LogP contribution < -0.4 is 10.2 Å². The highest BCUT2D eigenvalue weighted by atomic mass is 16.3. The van der Waals surface area contributed by atoms with E-state index in [0.717, 1.165) is 13.1 Å². The van der Waals surface area contributed by atoms with Crippen molar-refractivity contribution < 1.29 is 5.11 Å². The van der Waals surface area contributed by atoms with Gasteiger partial charge in [0, 0.05) is 24.8 Å². The highest BCUT2D eigenvalue weighted by Crippen LogP contribution is 2.29. The number of aliphatic hydroxyl groups excluding tert-OH is 1. The first kappa shape index (κ1) is 14.4. The van der Waals surface area contributed by atoms with E-state index in [4.69, 9.17) is 0 Å². The third-order valence-electron chi connectivity index (χ3n) is 4.02. The zero-order chi connectivity index (χ0) is 13.5. The Kier molecular flexibility index (Phi) is 5.67. The second-order valence-electron chi connectivity index (χ2n) is 5.37. The molecular weight excluding hydrogens is 236 g/mol. The molecule has 19 heavy (non-hydrogen) atoms. The van der Waals surface area contributed by atoms with Crippen molar-refractivity contribution in [3.8, 4) is 0 Å². The zero-order valence-corrected chi connectivity index (χ0v) is 11.9. The summed E-state index contributed by atoms with van der Waals surface area (Å²) in [7, 11) is 1.98. The van der Waals surface area contributed by atoms with Crippen LogP contribution in [0, 0.1) is 0 Å². The van der Waals surface area contributed by atoms with Crippen molar-refractivity contribution in [2.24, 2.45) is 0 Å². The molecule has 2 rings (SSSR count). The Bertz CT molecular complexity index is 375. The summed E-state index contributed by atoms with van der Waals surface area (Å²) in [6.45, 7) is 1.85. The van der Waals surface area contributed by atoms with Crippen LogP contribution in [0.3, 0.4) is 0 Å². The Morgan fingerprint density at radius 2 is 1.95 bits per heavy atom. The fourth-order valence-electron chi connectivity index (χ4n) is 3.13. The molecule has 106 valence electrons. The number of benzene rings is 1. The molecule has 0 amide bonds. The quantitative estimate of drug-likeness (QED) is 0.827. The van der Waals surface area contributed by atoms with Gasteiger partial charge in [-0.15, -0.1) is 0 Å². The van der Waals surface area contributed by atoms with Crippen molar-refractivity contribution in [1.29, 1.82) is 0 Å². The van der Waals surface area contributed by atoms with Crippen LogP contribution in [0.4, 0.5) is 5.69 Å². The Morgan fingerprint density at radius 3 is 2.63 bits per heavy atom. The molecule has 1 saturated carbocycles. The van der Waals surface area contributed by atoms with Crippen LogP contribution in [0.1, 0.15) is 37.7 Å². The molecule has 0 bridgehead atoms. The van der Waals surface area contributed by atoms with E-state index in [1.54, 1.807) is 0 Å². The summed E-state index contributed by atoms with van der Waals surface area (Å²) in [4.78, 5) is 2.42. The van der Waals surface area contributed by atoms with Crippen LogP contribution >= 0.6 is 0 Å². The summed E-state index contributed by atoms with van der Waals surface area (Å²) >= 11 is 0. The third-order valence-corrected chi connectivity index (χ3v) is 4.02. The summed E-state index contributed by atoms with van der Waals surface area (Å²) in [5, 5.41) is 12.6. The summed E-state index contributed by atoms with van der Waals surface area (Å²) in [6.07, 6.45) is 6.52. The van der Waals surface area contributed by atoms with Crippen LogP contribution in [-0.2, 0) is 6.54 Å². The topological polar surface area (TPSA) is 35.5 Å². The molecule has 0 radical (unpaired) electrons. The number of aliphatic hydroxyl groups is 1. The van der Waals surface area contributed by atoms with Gasteiger partial charge in [-0.3, -0.25) is 0 Å². The molecule has 1 aliphatic carbocycles. The summed E-state index contributed by atoms with van der Waals surface area (Å²) < 4.78 is 0. The lowest BCUT2D eigenvalue weighted by molar-refractivity contribution is 0.290. The van der Waals surface area contributed by atoms with E-state index >= 15 is 0 Å². The average molecular weight is 262 g/mol. The van der Waals surface area contributed by atoms with E-state index in [-0.39, 0.29) is 6.61 Å². The molecule has 0 aliphatic heterocycles. The normalized spacial score (nSPS) is 16.5. The van der Waals surface area contributed by atoms with Crippen molar-refractivity contribution in [2.75, 3.05) is 25.1 Å². The molecular formula is C16H26N2O. The molecule has 3 nitrogen and oxygen atoms in total. The first-order chi connectivity index (χ1) is 9.36. The lowest BCUT2D eigenvalue weighted by Gasteiger charge is -2.37. The molecule has 0 atom stereocenters. The van der Waals surface area contributed by atoms with Gasteiger partial charge in [-0.1, -0.05) is 37.5 Å². The van der Waals surface area contributed by atoms with Crippen LogP contribution in [0.5, 0.6) is 0 Å². The Morgan fingerprint density at radius 1 is 1.21 bits per heavy atom. The third kappa shape index (κ3) is 3.71. The van der Waals surface area contributed by atoms with E-state index in [1.165, 1.54) is 43.4 Å². The van der Waals surface area contributed by atoms with Gasteiger partial charge in [-0.25, -0.2) is 0 Å². The van der Waals surface area contributed by atoms with E-state index in [1.807, 2.05) is 7.05 Å². The maximum absolute atomic E-state index is 9.39. The van der Waals surface area contributed by atoms with E-state index in [0.29, 0.717) is 6.04 Å². The molecule has 0 aromatic heterocycles. The van der Waals surface area contributed by atoms with Crippen molar-refractivity contribution in [1.82, 2.24) is 5.32 Å². The molecule has 2 N–H and O–H groups in total. The van der Waals surface area contributed by atoms with Crippen molar-refractivity contribution in [3.63, 3.8) is 0 Å². The number of nitrogens with zero attached hydrogens (tertiary/aromatic N) is 1. The molecule has 0 heterocycles. The largest absolute Gasteiger partial charge is 0.395 e. The molecule has 0 unspecified atom stereocenters. The second kappa shape index (κ2) is 7.51. The van der Waals surface area contributed by atoms with E-state index in [9.17, 15) is 5.11 Å². The zero-order valence-electron chi connectivity index (χ0n) is 11.9. The summed E-state index contributed by atoms with van der Waals surface area (Å²) in [6, 6.07) is 9.16. The van der Waals surface area contributed by atoms with Gasteiger partial charge in [0.25, 0.3) is 0 Å². The van der Waals surface area contributed by atoms with Gasteiger partial charge in [0.2, 0.25) is 0 Å². The minimum Gasteiger partial charge on any atom is -0.395 e. The van der Waals surface area contributed by atoms with E-state index in [2.05, 4.69) is 34.5 Å². The summed E-state index contributed by atoms with van der Waals surface area (Å²) in [5.74, 6) is 0. The minimum absolute atomic E-state index is 0.227. The van der Waals surface area contributed by atoms with Gasteiger partial charge in [0.05, 0.1) is 6.61 Å². The van der Waals surface area contributed by atoms with Gasteiger partial charge in [-0.05, 0) is 31.5 Å². The Balaban J connectivity index is 2.21. The first-order valence-corrected chi connectivity index (χ1v) is 7.47. The Labute approximate surface area is 116 Å². The van der Waals surface area contributed by atoms with Crippen LogP contribution in [-0.4, -0.2) is 31.3 Å². The number of nitrogens with one attached hydrogen (secondary N) is 1. The van der Waals surface area contributed by atoms with Gasteiger partial charge in [0.15, 0.2) is 0 Å². The first-order valence-electron chi connectivity index (χ1n) is 7.47. The Hall–Kier alpha value is -1.06. The van der Waals surface area contributed by atoms with Crippen molar-refractivity contribution in [3.05, 3.63) is 29.8 Å². The second-order valence-corrected chi connectivity index (χ2v) is 5.37. The summed E-state index contributed by atoms with van der Waals surface area (Å²) in [5.41, 5.74) is 2.61. The fraction of sp³-hybridized carbons (Fsp3) is 0.625. The monoisotopic (exact) mass is 262 g/mol. The SMILES string of the molecule is CNCc1ccccc1N(CCO)C1CCCCC1. The maximum Gasteiger partial charge on any atom is 0.0606 e. The number of hydrogen-bond acceptors (Lipinski definition) is 3. The number of hydrogen-bond donors (Lipinski definition) is 2. The predicted octanol–water partition coefficient (Wildman–Crippen LogP) is 2.54. The number of anilines is 1. The van der Waals surface area contributed by atoms with Gasteiger partial charge in [0.1, 0.15) is 0 Å². The lowest BCUT2D eigenvalue weighted by atomic mass is 9.93. The molecule has 1 aromatic carbocycles. The number of para-hydroxylation sites is 1. The van der Waals surface area contributed by atoms with Crippen LogP contribution in [0.2, 0.25) is 0 Å². The molecule has 0 spiro atoms. The van der Waals surface area contributed by atoms with Crippen LogP contribution in [0.15, 0.2) is 24.3 Å². The number of rotatable bonds is 6. The molecule has 1 aromatic rings. The van der Waals surface area contributed by atoms with Gasteiger partial charge >= 0.3 is 0 Å². The maximum atomic E-state index is 9.39. The molecule has 1 fully saturated rings. The molecule has 1 aliphatic rings. The lowest BCUT2D eigenvalue weighted by Crippen LogP contribution is -2.39. The van der Waals surface area contributed by atoms with Gasteiger partial charge < -0.3 is 15.3 Å². The smallest absolute Gasteiger partial charge is 0.0606 e. The highest BCUT2D eigenvalue weighted by Gasteiger charge is 2.22. The van der Waals surface area contributed by atoms with E-state index < -0.39 is 0 Å². The predicted molar refractivity (Wildman–Crippen MR) is 80.5 cm³/mol. The van der Waals surface area contributed by atoms with Crippen LogP contribution in [0.25, 0.3) is 0 Å². The highest BCUT2D eigenvalue weighted by molar-refractivity contribution is 5.54. The van der Waals surface area contributed by atoms with Crippen molar-refractivity contribution >= 4 is 5.69 Å². The fourth-order valence-corrected chi connectivity index (χ4v) is 3.13. The van der Waals surface area contributed by atoms with Gasteiger partial charge in [-0.2, -0.15) is 0 Å². The average Bonchev–Trinajstić information content (AvgIpc) is 2.47. The molecule has 0 saturated heterocycles. The standard InChI is InChI=1S/C16H26N2O/c1-17-13-14-7-5-6-10-16(14)18(11-12-19)15-8-3-2-4-9-15/h5-7,10,15,17,19H,2-4,8-9,11-13H2,1H3. The van der Waals surface area contributed by atoms with Crippen molar-refractivity contribution in [2.45, 2.75) is 44.7 Å². The minimum atomic E-state index is 0.227. The molecule has 3 heteroatoms.